The normalized spacial score (nSPS) is 12.7. The van der Waals surface area contributed by atoms with Crippen molar-refractivity contribution in [1.82, 2.24) is 13.7 Å². The van der Waals surface area contributed by atoms with Crippen LogP contribution in [0.3, 0.4) is 0 Å². The molecule has 0 unspecified atom stereocenters. The summed E-state index contributed by atoms with van der Waals surface area (Å²) in [6, 6.07) is 5.73. The molecule has 0 aliphatic carbocycles. The number of benzene rings is 1. The summed E-state index contributed by atoms with van der Waals surface area (Å²) in [4.78, 5) is 24.8. The molecule has 0 radical (unpaired) electrons. The molecule has 3 aromatic rings. The number of aliphatic hydroxyl groups excluding tert-OH is 2. The molecule has 0 amide bonds. The quantitative estimate of drug-likeness (QED) is 0.705. The Morgan fingerprint density at radius 3 is 2.56 bits per heavy atom. The first-order valence-corrected chi connectivity index (χ1v) is 7.69. The number of hydrogen-bond donors (Lipinski definition) is 2. The average Bonchev–Trinajstić information content (AvgIpc) is 2.97. The van der Waals surface area contributed by atoms with Crippen LogP contribution in [0.15, 0.2) is 40.1 Å². The van der Waals surface area contributed by atoms with E-state index in [9.17, 15) is 19.1 Å². The van der Waals surface area contributed by atoms with Crippen molar-refractivity contribution < 1.29 is 14.6 Å². The van der Waals surface area contributed by atoms with Crippen molar-refractivity contribution in [3.8, 4) is 11.3 Å². The van der Waals surface area contributed by atoms with Crippen LogP contribution in [-0.4, -0.2) is 36.6 Å². The van der Waals surface area contributed by atoms with Crippen molar-refractivity contribution in [1.29, 1.82) is 0 Å². The zero-order chi connectivity index (χ0) is 18.3. The Balaban J connectivity index is 2.44. The number of nitrogens with zero attached hydrogens (tertiary/aromatic N) is 3. The van der Waals surface area contributed by atoms with Gasteiger partial charge in [-0.2, -0.15) is 0 Å². The summed E-state index contributed by atoms with van der Waals surface area (Å²) in [6.45, 7) is -0.470. The van der Waals surface area contributed by atoms with E-state index in [1.54, 1.807) is 16.8 Å². The van der Waals surface area contributed by atoms with Crippen molar-refractivity contribution in [2.75, 3.05) is 6.61 Å². The fourth-order valence-corrected chi connectivity index (χ4v) is 2.96. The van der Waals surface area contributed by atoms with Crippen LogP contribution >= 0.6 is 0 Å². The summed E-state index contributed by atoms with van der Waals surface area (Å²) in [5, 5.41) is 19.2. The third kappa shape index (κ3) is 2.79. The molecule has 25 heavy (non-hydrogen) atoms. The maximum atomic E-state index is 13.7. The Morgan fingerprint density at radius 1 is 1.20 bits per heavy atom. The van der Waals surface area contributed by atoms with E-state index in [0.29, 0.717) is 16.8 Å². The van der Waals surface area contributed by atoms with Gasteiger partial charge in [0.05, 0.1) is 35.9 Å². The maximum absolute atomic E-state index is 13.7. The second-order valence-electron chi connectivity index (χ2n) is 5.94. The van der Waals surface area contributed by atoms with Crippen LogP contribution in [-0.2, 0) is 20.6 Å². The van der Waals surface area contributed by atoms with Gasteiger partial charge >= 0.3 is 5.69 Å². The van der Waals surface area contributed by atoms with Crippen LogP contribution in [0.1, 0.15) is 0 Å². The molecule has 7 nitrogen and oxygen atoms in total. The molecule has 3 rings (SSSR count). The Bertz CT molecular complexity index is 1060. The van der Waals surface area contributed by atoms with Crippen molar-refractivity contribution in [3.05, 3.63) is 57.1 Å². The molecular formula is C17H18FN3O4. The zero-order valence-electron chi connectivity index (χ0n) is 13.8. The minimum absolute atomic E-state index is 0.00558. The van der Waals surface area contributed by atoms with Crippen molar-refractivity contribution in [2.45, 2.75) is 12.6 Å². The first kappa shape index (κ1) is 17.1. The SMILES string of the molecule is Cn1c(=O)c2c(-c3cccc(F)c3)n(C[C@@H](O)CO)cc2n(C)c1=O. The highest BCUT2D eigenvalue weighted by atomic mass is 19.1. The van der Waals surface area contributed by atoms with E-state index < -0.39 is 29.8 Å². The van der Waals surface area contributed by atoms with Crippen molar-refractivity contribution >= 4 is 10.9 Å². The number of aromatic nitrogens is 3. The van der Waals surface area contributed by atoms with Crippen LogP contribution in [0, 0.1) is 5.82 Å². The first-order chi connectivity index (χ1) is 11.8. The lowest BCUT2D eigenvalue weighted by molar-refractivity contribution is 0.0817. The molecule has 8 heteroatoms. The maximum Gasteiger partial charge on any atom is 0.330 e. The topological polar surface area (TPSA) is 89.4 Å². The predicted octanol–water partition coefficient (Wildman–Crippen LogP) is 0.198. The lowest BCUT2D eigenvalue weighted by Crippen LogP contribution is -2.36. The van der Waals surface area contributed by atoms with Gasteiger partial charge in [-0.3, -0.25) is 13.9 Å². The van der Waals surface area contributed by atoms with Crippen molar-refractivity contribution in [3.63, 3.8) is 0 Å². The molecule has 0 aliphatic heterocycles. The molecule has 0 bridgehead atoms. The average molecular weight is 347 g/mol. The Labute approximate surface area is 141 Å². The third-order valence-electron chi connectivity index (χ3n) is 4.23. The molecule has 0 aliphatic rings. The number of rotatable bonds is 4. The summed E-state index contributed by atoms with van der Waals surface area (Å²) < 4.78 is 17.6. The lowest BCUT2D eigenvalue weighted by atomic mass is 10.1. The van der Waals surface area contributed by atoms with E-state index >= 15 is 0 Å². The van der Waals surface area contributed by atoms with Gasteiger partial charge in [0, 0.05) is 25.9 Å². The number of aryl methyl sites for hydroxylation is 1. The largest absolute Gasteiger partial charge is 0.394 e. The molecule has 2 heterocycles. The van der Waals surface area contributed by atoms with Crippen LogP contribution in [0.2, 0.25) is 0 Å². The molecular weight excluding hydrogens is 329 g/mol. The molecule has 0 spiro atoms. The minimum atomic E-state index is -1.06. The summed E-state index contributed by atoms with van der Waals surface area (Å²) >= 11 is 0. The van der Waals surface area contributed by atoms with Gasteiger partial charge in [0.1, 0.15) is 5.82 Å². The van der Waals surface area contributed by atoms with E-state index in [1.807, 2.05) is 0 Å². The van der Waals surface area contributed by atoms with Gasteiger partial charge in [0.15, 0.2) is 0 Å². The predicted molar refractivity (Wildman–Crippen MR) is 90.9 cm³/mol. The summed E-state index contributed by atoms with van der Waals surface area (Å²) in [6.07, 6.45) is 0.493. The number of halogens is 1. The van der Waals surface area contributed by atoms with Gasteiger partial charge in [-0.05, 0) is 12.1 Å². The van der Waals surface area contributed by atoms with Gasteiger partial charge in [0.25, 0.3) is 5.56 Å². The van der Waals surface area contributed by atoms with Crippen LogP contribution in [0.25, 0.3) is 22.2 Å². The summed E-state index contributed by atoms with van der Waals surface area (Å²) in [5.41, 5.74) is 0.212. The summed E-state index contributed by atoms with van der Waals surface area (Å²) in [7, 11) is 2.91. The van der Waals surface area contributed by atoms with E-state index in [4.69, 9.17) is 5.11 Å². The molecule has 2 N–H and O–H groups in total. The van der Waals surface area contributed by atoms with Gasteiger partial charge in [-0.15, -0.1) is 0 Å². The second kappa shape index (κ2) is 6.30. The standard InChI is InChI=1S/C17H18FN3O4/c1-19-13-8-21(7-12(23)9-22)15(10-4-3-5-11(18)6-10)14(13)16(24)20(2)17(19)25/h3-6,8,12,22-23H,7,9H2,1-2H3/t12-/m1/s1. The third-order valence-corrected chi connectivity index (χ3v) is 4.23. The Morgan fingerprint density at radius 2 is 1.92 bits per heavy atom. The van der Waals surface area contributed by atoms with Crippen LogP contribution in [0.5, 0.6) is 0 Å². The number of aliphatic hydroxyl groups is 2. The van der Waals surface area contributed by atoms with E-state index in [-0.39, 0.29) is 11.9 Å². The molecule has 2 aromatic heterocycles. The number of hydrogen-bond acceptors (Lipinski definition) is 4. The highest BCUT2D eigenvalue weighted by Crippen LogP contribution is 2.28. The highest BCUT2D eigenvalue weighted by Gasteiger charge is 2.20. The zero-order valence-corrected chi connectivity index (χ0v) is 13.8. The van der Waals surface area contributed by atoms with Crippen LogP contribution < -0.4 is 11.2 Å². The molecule has 132 valence electrons. The second-order valence-corrected chi connectivity index (χ2v) is 5.94. The highest BCUT2D eigenvalue weighted by molar-refractivity contribution is 5.93. The molecule has 0 saturated heterocycles. The fraction of sp³-hybridized carbons (Fsp3) is 0.294. The van der Waals surface area contributed by atoms with Gasteiger partial charge in [0.2, 0.25) is 0 Å². The lowest BCUT2D eigenvalue weighted by Gasteiger charge is -2.13. The molecule has 0 fully saturated rings. The Kier molecular flexibility index (Phi) is 4.32. The van der Waals surface area contributed by atoms with E-state index in [0.717, 1.165) is 4.57 Å². The van der Waals surface area contributed by atoms with E-state index in [1.165, 1.54) is 36.9 Å². The minimum Gasteiger partial charge on any atom is -0.394 e. The molecule has 1 aromatic carbocycles. The van der Waals surface area contributed by atoms with Crippen LogP contribution in [0.4, 0.5) is 4.39 Å². The van der Waals surface area contributed by atoms with Gasteiger partial charge in [-0.1, -0.05) is 12.1 Å². The van der Waals surface area contributed by atoms with E-state index in [2.05, 4.69) is 0 Å². The van der Waals surface area contributed by atoms with Crippen molar-refractivity contribution in [2.24, 2.45) is 14.1 Å². The number of fused-ring (bicyclic) bond motifs is 1. The summed E-state index contributed by atoms with van der Waals surface area (Å²) in [5.74, 6) is -0.470. The Hall–Kier alpha value is -2.71. The first-order valence-electron chi connectivity index (χ1n) is 7.69. The molecule has 1 atom stereocenters. The van der Waals surface area contributed by atoms with Gasteiger partial charge < -0.3 is 14.8 Å². The monoisotopic (exact) mass is 347 g/mol. The molecule has 0 saturated carbocycles. The fourth-order valence-electron chi connectivity index (χ4n) is 2.96. The van der Waals surface area contributed by atoms with Gasteiger partial charge in [-0.25, -0.2) is 9.18 Å². The smallest absolute Gasteiger partial charge is 0.330 e.